The summed E-state index contributed by atoms with van der Waals surface area (Å²) in [4.78, 5) is 11.8. The molecule has 128 valence electrons. The van der Waals surface area contributed by atoms with Crippen LogP contribution in [-0.2, 0) is 27.8 Å². The largest absolute Gasteiger partial charge is 0.351 e. The van der Waals surface area contributed by atoms with E-state index in [1.54, 1.807) is 12.1 Å². The third-order valence-electron chi connectivity index (χ3n) is 3.46. The first kappa shape index (κ1) is 18.1. The van der Waals surface area contributed by atoms with Gasteiger partial charge in [-0.1, -0.05) is 42.5 Å². The Morgan fingerprint density at radius 3 is 2.25 bits per heavy atom. The molecular weight excluding hydrogens is 326 g/mol. The van der Waals surface area contributed by atoms with Gasteiger partial charge in [0.05, 0.1) is 11.4 Å². The molecule has 1 amide bonds. The molecule has 0 aliphatic heterocycles. The number of hydrogen-bond acceptors (Lipinski definition) is 4. The van der Waals surface area contributed by atoms with E-state index >= 15 is 0 Å². The van der Waals surface area contributed by atoms with Crippen LogP contribution < -0.4 is 15.8 Å². The molecule has 0 saturated carbocycles. The van der Waals surface area contributed by atoms with Crippen molar-refractivity contribution in [3.63, 3.8) is 0 Å². The Balaban J connectivity index is 1.66. The minimum atomic E-state index is -3.65. The van der Waals surface area contributed by atoms with E-state index in [0.717, 1.165) is 11.1 Å². The average molecular weight is 347 g/mol. The highest BCUT2D eigenvalue weighted by atomic mass is 32.2. The van der Waals surface area contributed by atoms with Crippen LogP contribution in [0.25, 0.3) is 0 Å². The van der Waals surface area contributed by atoms with Gasteiger partial charge in [0.2, 0.25) is 15.9 Å². The van der Waals surface area contributed by atoms with Gasteiger partial charge in [0, 0.05) is 6.54 Å². The summed E-state index contributed by atoms with van der Waals surface area (Å²) < 4.78 is 22.3. The van der Waals surface area contributed by atoms with E-state index in [1.165, 1.54) is 12.1 Å². The summed E-state index contributed by atoms with van der Waals surface area (Å²) in [5, 5.41) is 10.9. The van der Waals surface area contributed by atoms with Crippen LogP contribution >= 0.6 is 0 Å². The van der Waals surface area contributed by atoms with Crippen molar-refractivity contribution in [2.45, 2.75) is 17.9 Å². The number of nitrogens with two attached hydrogens (primary N) is 1. The van der Waals surface area contributed by atoms with Crippen LogP contribution in [0.4, 0.5) is 0 Å². The van der Waals surface area contributed by atoms with Crippen LogP contribution in [0.15, 0.2) is 59.5 Å². The Morgan fingerprint density at radius 2 is 1.62 bits per heavy atom. The third-order valence-corrected chi connectivity index (χ3v) is 4.39. The Morgan fingerprint density at radius 1 is 0.958 bits per heavy atom. The number of carbonyl (C=O) groups excluding carboxylic acids is 1. The summed E-state index contributed by atoms with van der Waals surface area (Å²) in [6.07, 6.45) is 0.691. The second-order valence-electron chi connectivity index (χ2n) is 5.38. The van der Waals surface area contributed by atoms with Gasteiger partial charge in [-0.15, -0.1) is 0 Å². The average Bonchev–Trinajstić information content (AvgIpc) is 2.57. The first-order valence-corrected chi connectivity index (χ1v) is 9.13. The quantitative estimate of drug-likeness (QED) is 0.614. The van der Waals surface area contributed by atoms with Gasteiger partial charge in [-0.3, -0.25) is 4.79 Å². The zero-order valence-corrected chi connectivity index (χ0v) is 14.1. The number of benzene rings is 2. The van der Waals surface area contributed by atoms with Gasteiger partial charge in [-0.2, -0.15) is 0 Å². The lowest BCUT2D eigenvalue weighted by atomic mass is 10.1. The van der Waals surface area contributed by atoms with Gasteiger partial charge in [0.25, 0.3) is 0 Å². The second kappa shape index (κ2) is 8.58. The molecule has 0 spiro atoms. The fraction of sp³-hybridized carbons (Fsp3) is 0.235. The first-order valence-electron chi connectivity index (χ1n) is 7.58. The van der Waals surface area contributed by atoms with Crippen molar-refractivity contribution in [3.8, 4) is 0 Å². The molecule has 2 aromatic carbocycles. The van der Waals surface area contributed by atoms with E-state index < -0.39 is 10.0 Å². The van der Waals surface area contributed by atoms with Crippen LogP contribution in [0.3, 0.4) is 0 Å². The third kappa shape index (κ3) is 6.11. The number of rotatable bonds is 8. The van der Waals surface area contributed by atoms with E-state index in [1.807, 2.05) is 30.3 Å². The molecule has 0 bridgehead atoms. The van der Waals surface area contributed by atoms with Crippen LogP contribution in [0.5, 0.6) is 0 Å². The standard InChI is InChI=1S/C17H21N3O3S/c18-24(22,23)16-8-6-14(7-9-16)10-11-19-13-17(21)20-12-15-4-2-1-3-5-15/h1-9,19H,10-13H2,(H,20,21)(H2,18,22,23). The Kier molecular flexibility index (Phi) is 6.48. The minimum Gasteiger partial charge on any atom is -0.351 e. The molecule has 2 aromatic rings. The van der Waals surface area contributed by atoms with Crippen molar-refractivity contribution in [3.05, 3.63) is 65.7 Å². The molecule has 7 heteroatoms. The molecule has 0 unspecified atom stereocenters. The van der Waals surface area contributed by atoms with Crippen LogP contribution in [0.2, 0.25) is 0 Å². The maximum atomic E-state index is 11.7. The summed E-state index contributed by atoms with van der Waals surface area (Å²) >= 11 is 0. The molecule has 0 radical (unpaired) electrons. The fourth-order valence-corrected chi connectivity index (χ4v) is 2.65. The van der Waals surface area contributed by atoms with Crippen molar-refractivity contribution in [2.75, 3.05) is 13.1 Å². The van der Waals surface area contributed by atoms with Crippen LogP contribution in [-0.4, -0.2) is 27.4 Å². The fourth-order valence-electron chi connectivity index (χ4n) is 2.14. The molecule has 6 nitrogen and oxygen atoms in total. The summed E-state index contributed by atoms with van der Waals surface area (Å²) in [5.41, 5.74) is 2.03. The number of amides is 1. The molecule has 2 rings (SSSR count). The maximum Gasteiger partial charge on any atom is 0.238 e. The highest BCUT2D eigenvalue weighted by molar-refractivity contribution is 7.89. The molecule has 0 aromatic heterocycles. The Labute approximate surface area is 142 Å². The lowest BCUT2D eigenvalue weighted by Crippen LogP contribution is -2.34. The highest BCUT2D eigenvalue weighted by Crippen LogP contribution is 2.08. The molecule has 0 aliphatic rings. The molecular formula is C17H21N3O3S. The van der Waals surface area contributed by atoms with E-state index in [9.17, 15) is 13.2 Å². The van der Waals surface area contributed by atoms with Crippen LogP contribution in [0, 0.1) is 0 Å². The van der Waals surface area contributed by atoms with Gasteiger partial charge >= 0.3 is 0 Å². The molecule has 0 heterocycles. The predicted molar refractivity (Wildman–Crippen MR) is 92.7 cm³/mol. The van der Waals surface area contributed by atoms with Crippen molar-refractivity contribution in [1.82, 2.24) is 10.6 Å². The zero-order valence-electron chi connectivity index (χ0n) is 13.2. The first-order chi connectivity index (χ1) is 11.4. The normalized spacial score (nSPS) is 11.2. The summed E-state index contributed by atoms with van der Waals surface area (Å²) in [5.74, 6) is -0.0663. The number of sulfonamides is 1. The van der Waals surface area contributed by atoms with Crippen molar-refractivity contribution >= 4 is 15.9 Å². The van der Waals surface area contributed by atoms with Crippen molar-refractivity contribution in [1.29, 1.82) is 0 Å². The topological polar surface area (TPSA) is 101 Å². The number of nitrogens with one attached hydrogen (secondary N) is 2. The molecule has 0 atom stereocenters. The lowest BCUT2D eigenvalue weighted by molar-refractivity contribution is -0.120. The van der Waals surface area contributed by atoms with E-state index in [4.69, 9.17) is 5.14 Å². The maximum absolute atomic E-state index is 11.7. The van der Waals surface area contributed by atoms with Crippen molar-refractivity contribution < 1.29 is 13.2 Å². The minimum absolute atomic E-state index is 0.0663. The van der Waals surface area contributed by atoms with Gasteiger partial charge in [-0.25, -0.2) is 13.6 Å². The molecule has 0 aliphatic carbocycles. The summed E-state index contributed by atoms with van der Waals surface area (Å²) in [6.45, 7) is 1.37. The van der Waals surface area contributed by atoms with Gasteiger partial charge < -0.3 is 10.6 Å². The molecule has 0 fully saturated rings. The van der Waals surface area contributed by atoms with Gasteiger partial charge in [-0.05, 0) is 36.2 Å². The Bertz CT molecular complexity index is 759. The Hall–Kier alpha value is -2.22. The zero-order chi connectivity index (χ0) is 17.4. The molecule has 4 N–H and O–H groups in total. The number of carbonyl (C=O) groups is 1. The number of hydrogen-bond donors (Lipinski definition) is 3. The molecule has 0 saturated heterocycles. The van der Waals surface area contributed by atoms with Gasteiger partial charge in [0.15, 0.2) is 0 Å². The predicted octanol–water partition coefficient (Wildman–Crippen LogP) is 0.783. The summed E-state index contributed by atoms with van der Waals surface area (Å²) in [6, 6.07) is 16.1. The van der Waals surface area contributed by atoms with E-state index in [-0.39, 0.29) is 17.3 Å². The SMILES string of the molecule is NS(=O)(=O)c1ccc(CCNCC(=O)NCc2ccccc2)cc1. The van der Waals surface area contributed by atoms with Gasteiger partial charge in [0.1, 0.15) is 0 Å². The van der Waals surface area contributed by atoms with E-state index in [0.29, 0.717) is 19.5 Å². The lowest BCUT2D eigenvalue weighted by Gasteiger charge is -2.07. The number of primary sulfonamides is 1. The highest BCUT2D eigenvalue weighted by Gasteiger charge is 2.06. The van der Waals surface area contributed by atoms with E-state index in [2.05, 4.69) is 10.6 Å². The van der Waals surface area contributed by atoms with Crippen molar-refractivity contribution in [2.24, 2.45) is 5.14 Å². The summed E-state index contributed by atoms with van der Waals surface area (Å²) in [7, 11) is -3.65. The smallest absolute Gasteiger partial charge is 0.238 e. The second-order valence-corrected chi connectivity index (χ2v) is 6.94. The molecule has 24 heavy (non-hydrogen) atoms. The monoisotopic (exact) mass is 347 g/mol. The van der Waals surface area contributed by atoms with Crippen LogP contribution in [0.1, 0.15) is 11.1 Å².